The predicted octanol–water partition coefficient (Wildman–Crippen LogP) is 3.18. The first-order chi connectivity index (χ1) is 10.0. The number of ether oxygens (including phenoxy) is 2. The average Bonchev–Trinajstić information content (AvgIpc) is 2.96. The van der Waals surface area contributed by atoms with Gasteiger partial charge >= 0.3 is 5.97 Å². The van der Waals surface area contributed by atoms with E-state index in [0.717, 1.165) is 26.2 Å². The van der Waals surface area contributed by atoms with Crippen LogP contribution in [0.3, 0.4) is 0 Å². The van der Waals surface area contributed by atoms with E-state index in [-0.39, 0.29) is 5.97 Å². The van der Waals surface area contributed by atoms with Crippen LogP contribution in [0.2, 0.25) is 10.0 Å². The monoisotopic (exact) mass is 331 g/mol. The fraction of sp³-hybridized carbons (Fsp3) is 0.533. The predicted molar refractivity (Wildman–Crippen MR) is 82.8 cm³/mol. The van der Waals surface area contributed by atoms with Crippen LogP contribution >= 0.6 is 23.2 Å². The Morgan fingerprint density at radius 3 is 2.90 bits per heavy atom. The van der Waals surface area contributed by atoms with Crippen LogP contribution in [0, 0.1) is 5.92 Å². The topological polar surface area (TPSA) is 38.8 Å². The third kappa shape index (κ3) is 3.89. The number of nitrogens with zero attached hydrogens (tertiary/aromatic N) is 1. The molecule has 4 nitrogen and oxygen atoms in total. The van der Waals surface area contributed by atoms with Crippen molar-refractivity contribution < 1.29 is 14.3 Å². The molecule has 1 aromatic rings. The number of carbonyl (C=O) groups is 1. The van der Waals surface area contributed by atoms with Gasteiger partial charge in [-0.2, -0.15) is 0 Å². The Balaban J connectivity index is 2.24. The summed E-state index contributed by atoms with van der Waals surface area (Å²) in [5.41, 5.74) is 0.664. The lowest BCUT2D eigenvalue weighted by molar-refractivity contribution is -0.147. The molecule has 116 valence electrons. The van der Waals surface area contributed by atoms with E-state index in [1.807, 2.05) is 11.9 Å². The molecule has 0 aromatic heterocycles. The van der Waals surface area contributed by atoms with Crippen LogP contribution < -0.4 is 0 Å². The molecular weight excluding hydrogens is 313 g/mol. The van der Waals surface area contributed by atoms with Crippen molar-refractivity contribution in [3.05, 3.63) is 33.8 Å². The zero-order chi connectivity index (χ0) is 15.4. The summed E-state index contributed by atoms with van der Waals surface area (Å²) in [6.07, 6.45) is 1.00. The van der Waals surface area contributed by atoms with Gasteiger partial charge < -0.3 is 9.47 Å². The Hall–Kier alpha value is -0.810. The number of carbonyl (C=O) groups excluding carboxylic acids is 1. The van der Waals surface area contributed by atoms with Crippen molar-refractivity contribution in [2.45, 2.75) is 12.5 Å². The molecule has 6 heteroatoms. The number of hydrogen-bond acceptors (Lipinski definition) is 4. The van der Waals surface area contributed by atoms with Crippen LogP contribution in [0.5, 0.6) is 0 Å². The van der Waals surface area contributed by atoms with Gasteiger partial charge in [0.05, 0.1) is 23.8 Å². The summed E-state index contributed by atoms with van der Waals surface area (Å²) in [5, 5.41) is 0.824. The van der Waals surface area contributed by atoms with Crippen LogP contribution in [-0.4, -0.2) is 44.8 Å². The molecule has 1 saturated heterocycles. The Labute approximate surface area is 134 Å². The highest BCUT2D eigenvalue weighted by molar-refractivity contribution is 6.42. The third-order valence-corrected chi connectivity index (χ3v) is 4.54. The normalized spacial score (nSPS) is 19.8. The van der Waals surface area contributed by atoms with Crippen molar-refractivity contribution in [2.75, 3.05) is 33.9 Å². The highest BCUT2D eigenvalue weighted by Gasteiger charge is 2.31. The van der Waals surface area contributed by atoms with Crippen LogP contribution in [-0.2, 0) is 14.3 Å². The van der Waals surface area contributed by atoms with E-state index in [0.29, 0.717) is 21.5 Å². The lowest BCUT2D eigenvalue weighted by Crippen LogP contribution is -2.35. The van der Waals surface area contributed by atoms with Gasteiger partial charge in [-0.25, -0.2) is 4.79 Å². The van der Waals surface area contributed by atoms with E-state index in [4.69, 9.17) is 32.7 Å². The van der Waals surface area contributed by atoms with E-state index in [1.54, 1.807) is 18.2 Å². The number of esters is 1. The highest BCUT2D eigenvalue weighted by Crippen LogP contribution is 2.33. The third-order valence-electron chi connectivity index (χ3n) is 3.71. The molecule has 21 heavy (non-hydrogen) atoms. The standard InChI is InChI=1S/C15H19Cl2NO3/c1-18(8-10-6-7-21-9-10)14(15(19)20-2)11-4-3-5-12(16)13(11)17/h3-5,10,14H,6-9H2,1-2H3. The van der Waals surface area contributed by atoms with Crippen molar-refractivity contribution in [2.24, 2.45) is 5.92 Å². The van der Waals surface area contributed by atoms with Gasteiger partial charge in [0.2, 0.25) is 0 Å². The molecule has 1 heterocycles. The fourth-order valence-corrected chi connectivity index (χ4v) is 3.04. The highest BCUT2D eigenvalue weighted by atomic mass is 35.5. The van der Waals surface area contributed by atoms with E-state index in [1.165, 1.54) is 7.11 Å². The second kappa shape index (κ2) is 7.45. The Kier molecular flexibility index (Phi) is 5.88. The molecule has 0 amide bonds. The van der Waals surface area contributed by atoms with Gasteiger partial charge in [-0.3, -0.25) is 4.90 Å². The second-order valence-electron chi connectivity index (χ2n) is 5.24. The van der Waals surface area contributed by atoms with Crippen LogP contribution in [0.4, 0.5) is 0 Å². The maximum Gasteiger partial charge on any atom is 0.327 e. The zero-order valence-electron chi connectivity index (χ0n) is 12.1. The SMILES string of the molecule is COC(=O)C(c1cccc(Cl)c1Cl)N(C)CC1CCOC1. The Morgan fingerprint density at radius 2 is 2.29 bits per heavy atom. The maximum absolute atomic E-state index is 12.2. The molecular formula is C15H19Cl2NO3. The van der Waals surface area contributed by atoms with Crippen molar-refractivity contribution in [1.82, 2.24) is 4.90 Å². The van der Waals surface area contributed by atoms with E-state index in [9.17, 15) is 4.79 Å². The first-order valence-electron chi connectivity index (χ1n) is 6.84. The van der Waals surface area contributed by atoms with Crippen molar-refractivity contribution in [3.63, 3.8) is 0 Å². The average molecular weight is 332 g/mol. The molecule has 1 fully saturated rings. The molecule has 2 rings (SSSR count). The minimum Gasteiger partial charge on any atom is -0.468 e. The van der Waals surface area contributed by atoms with Crippen molar-refractivity contribution in [1.29, 1.82) is 0 Å². The van der Waals surface area contributed by atoms with Crippen LogP contribution in [0.15, 0.2) is 18.2 Å². The quantitative estimate of drug-likeness (QED) is 0.777. The molecule has 1 aliphatic heterocycles. The largest absolute Gasteiger partial charge is 0.468 e. The summed E-state index contributed by atoms with van der Waals surface area (Å²) in [4.78, 5) is 14.1. The second-order valence-corrected chi connectivity index (χ2v) is 6.02. The lowest BCUT2D eigenvalue weighted by Gasteiger charge is -2.28. The molecule has 0 N–H and O–H groups in total. The molecule has 2 unspecified atom stereocenters. The molecule has 0 aliphatic carbocycles. The van der Waals surface area contributed by atoms with Gasteiger partial charge in [0.15, 0.2) is 0 Å². The number of methoxy groups -OCH3 is 1. The van der Waals surface area contributed by atoms with Crippen molar-refractivity contribution in [3.8, 4) is 0 Å². The summed E-state index contributed by atoms with van der Waals surface area (Å²) in [5.74, 6) is 0.0701. The number of likely N-dealkylation sites (N-methyl/N-ethyl adjacent to an activating group) is 1. The number of rotatable bonds is 5. The Bertz CT molecular complexity index is 504. The van der Waals surface area contributed by atoms with Gasteiger partial charge in [0.1, 0.15) is 6.04 Å². The molecule has 0 bridgehead atoms. The summed E-state index contributed by atoms with van der Waals surface area (Å²) in [6.45, 7) is 2.24. The first kappa shape index (κ1) is 16.6. The van der Waals surface area contributed by atoms with Gasteiger partial charge in [0.25, 0.3) is 0 Å². The van der Waals surface area contributed by atoms with Crippen LogP contribution in [0.1, 0.15) is 18.0 Å². The van der Waals surface area contributed by atoms with E-state index >= 15 is 0 Å². The molecule has 0 radical (unpaired) electrons. The molecule has 1 aromatic carbocycles. The smallest absolute Gasteiger partial charge is 0.327 e. The maximum atomic E-state index is 12.2. The first-order valence-corrected chi connectivity index (χ1v) is 7.60. The molecule has 1 aliphatic rings. The number of halogens is 2. The van der Waals surface area contributed by atoms with Gasteiger partial charge in [-0.15, -0.1) is 0 Å². The van der Waals surface area contributed by atoms with Crippen LogP contribution in [0.25, 0.3) is 0 Å². The van der Waals surface area contributed by atoms with Crippen molar-refractivity contribution >= 4 is 29.2 Å². The Morgan fingerprint density at radius 1 is 1.52 bits per heavy atom. The fourth-order valence-electron chi connectivity index (χ4n) is 2.63. The van der Waals surface area contributed by atoms with Gasteiger partial charge in [0, 0.05) is 18.7 Å². The minimum absolute atomic E-state index is 0.347. The summed E-state index contributed by atoms with van der Waals surface area (Å²) in [6, 6.07) is 4.72. The molecule has 0 saturated carbocycles. The molecule has 2 atom stereocenters. The summed E-state index contributed by atoms with van der Waals surface area (Å²) >= 11 is 12.3. The lowest BCUT2D eigenvalue weighted by atomic mass is 10.0. The van der Waals surface area contributed by atoms with Gasteiger partial charge in [-0.1, -0.05) is 35.3 Å². The zero-order valence-corrected chi connectivity index (χ0v) is 13.7. The van der Waals surface area contributed by atoms with E-state index < -0.39 is 6.04 Å². The minimum atomic E-state index is -0.568. The number of benzene rings is 1. The summed E-state index contributed by atoms with van der Waals surface area (Å²) in [7, 11) is 3.26. The van der Waals surface area contributed by atoms with E-state index in [2.05, 4.69) is 0 Å². The summed E-state index contributed by atoms with van der Waals surface area (Å²) < 4.78 is 10.3. The number of hydrogen-bond donors (Lipinski definition) is 0. The van der Waals surface area contributed by atoms with Gasteiger partial charge in [-0.05, 0) is 25.5 Å². The molecule has 0 spiro atoms.